The van der Waals surface area contributed by atoms with Gasteiger partial charge in [-0.05, 0) is 25.5 Å². The second-order valence-electron chi connectivity index (χ2n) is 1.91. The maximum atomic E-state index is 5.71. The zero-order valence-electron chi connectivity index (χ0n) is 5.19. The molecule has 9 heavy (non-hydrogen) atoms. The van der Waals surface area contributed by atoms with Gasteiger partial charge in [-0.2, -0.15) is 0 Å². The van der Waals surface area contributed by atoms with E-state index in [9.17, 15) is 0 Å². The summed E-state index contributed by atoms with van der Waals surface area (Å²) in [5.74, 6) is 0. The van der Waals surface area contributed by atoms with Crippen molar-refractivity contribution >= 4 is 11.6 Å². The van der Waals surface area contributed by atoms with Gasteiger partial charge in [0.05, 0.1) is 10.7 Å². The van der Waals surface area contributed by atoms with Crippen LogP contribution in [0.4, 0.5) is 0 Å². The first-order chi connectivity index (χ1) is 4.20. The van der Waals surface area contributed by atoms with E-state index in [4.69, 9.17) is 11.6 Å². The van der Waals surface area contributed by atoms with E-state index in [2.05, 4.69) is 11.9 Å². The highest BCUT2D eigenvalue weighted by Crippen LogP contribution is 2.12. The van der Waals surface area contributed by atoms with Gasteiger partial charge in [-0.1, -0.05) is 11.6 Å². The molecule has 1 aromatic heterocycles. The molecule has 0 aliphatic rings. The van der Waals surface area contributed by atoms with Crippen molar-refractivity contribution in [1.82, 2.24) is 4.98 Å². The molecule has 0 atom stereocenters. The Hall–Kier alpha value is -0.560. The molecule has 0 aliphatic carbocycles. The lowest BCUT2D eigenvalue weighted by Crippen LogP contribution is -1.82. The SMILES string of the molecule is [CH2]c1cnc(C)c(Cl)c1. The molecular weight excluding hydrogens is 134 g/mol. The van der Waals surface area contributed by atoms with Crippen LogP contribution in [0, 0.1) is 13.8 Å². The molecule has 0 saturated carbocycles. The topological polar surface area (TPSA) is 12.9 Å². The van der Waals surface area contributed by atoms with Crippen molar-refractivity contribution in [2.75, 3.05) is 0 Å². The van der Waals surface area contributed by atoms with Crippen LogP contribution in [-0.4, -0.2) is 4.98 Å². The lowest BCUT2D eigenvalue weighted by molar-refractivity contribution is 1.19. The van der Waals surface area contributed by atoms with Gasteiger partial charge in [0.1, 0.15) is 0 Å². The quantitative estimate of drug-likeness (QED) is 0.539. The van der Waals surface area contributed by atoms with Crippen LogP contribution in [-0.2, 0) is 0 Å². The number of aromatic nitrogens is 1. The monoisotopic (exact) mass is 140 g/mol. The third-order valence-electron chi connectivity index (χ3n) is 1.08. The molecule has 1 nitrogen and oxygen atoms in total. The van der Waals surface area contributed by atoms with Gasteiger partial charge in [0.15, 0.2) is 0 Å². The van der Waals surface area contributed by atoms with Gasteiger partial charge in [0, 0.05) is 6.20 Å². The minimum absolute atomic E-state index is 0.683. The predicted octanol–water partition coefficient (Wildman–Crippen LogP) is 2.23. The smallest absolute Gasteiger partial charge is 0.0621 e. The lowest BCUT2D eigenvalue weighted by atomic mass is 10.3. The van der Waals surface area contributed by atoms with Gasteiger partial charge in [0.25, 0.3) is 0 Å². The number of nitrogens with zero attached hydrogens (tertiary/aromatic N) is 1. The Morgan fingerprint density at radius 2 is 2.33 bits per heavy atom. The molecule has 0 aromatic carbocycles. The second-order valence-corrected chi connectivity index (χ2v) is 2.32. The van der Waals surface area contributed by atoms with E-state index in [1.807, 2.05) is 6.92 Å². The number of halogens is 1. The Balaban J connectivity index is 3.17. The number of hydrogen-bond donors (Lipinski definition) is 0. The number of aryl methyl sites for hydroxylation is 1. The summed E-state index contributed by atoms with van der Waals surface area (Å²) in [6.07, 6.45) is 1.70. The zero-order chi connectivity index (χ0) is 6.85. The lowest BCUT2D eigenvalue weighted by Gasteiger charge is -1.95. The Morgan fingerprint density at radius 1 is 1.67 bits per heavy atom. The van der Waals surface area contributed by atoms with Crippen LogP contribution in [0.2, 0.25) is 5.02 Å². The van der Waals surface area contributed by atoms with E-state index in [1.165, 1.54) is 0 Å². The van der Waals surface area contributed by atoms with E-state index in [1.54, 1.807) is 12.3 Å². The van der Waals surface area contributed by atoms with Gasteiger partial charge < -0.3 is 0 Å². The Bertz CT molecular complexity index is 220. The molecule has 1 heterocycles. The van der Waals surface area contributed by atoms with Gasteiger partial charge in [-0.25, -0.2) is 0 Å². The molecule has 0 amide bonds. The van der Waals surface area contributed by atoms with Crippen molar-refractivity contribution in [3.63, 3.8) is 0 Å². The van der Waals surface area contributed by atoms with Crippen molar-refractivity contribution in [1.29, 1.82) is 0 Å². The molecule has 0 N–H and O–H groups in total. The van der Waals surface area contributed by atoms with Crippen LogP contribution >= 0.6 is 11.6 Å². The molecule has 0 aliphatic heterocycles. The molecule has 0 bridgehead atoms. The van der Waals surface area contributed by atoms with Crippen LogP contribution in [0.25, 0.3) is 0 Å². The number of rotatable bonds is 0. The molecule has 2 heteroatoms. The predicted molar refractivity (Wildman–Crippen MR) is 38.4 cm³/mol. The molecule has 0 unspecified atom stereocenters. The Labute approximate surface area is 59.7 Å². The first-order valence-electron chi connectivity index (χ1n) is 2.64. The van der Waals surface area contributed by atoms with Crippen molar-refractivity contribution in [2.45, 2.75) is 6.92 Å². The summed E-state index contributed by atoms with van der Waals surface area (Å²) in [6, 6.07) is 1.80. The van der Waals surface area contributed by atoms with Crippen molar-refractivity contribution in [2.24, 2.45) is 0 Å². The third-order valence-corrected chi connectivity index (χ3v) is 1.46. The van der Waals surface area contributed by atoms with Crippen molar-refractivity contribution in [3.8, 4) is 0 Å². The average molecular weight is 141 g/mol. The van der Waals surface area contributed by atoms with Crippen LogP contribution in [0.15, 0.2) is 12.3 Å². The normalized spacial score (nSPS) is 9.67. The van der Waals surface area contributed by atoms with Crippen molar-refractivity contribution < 1.29 is 0 Å². The zero-order valence-corrected chi connectivity index (χ0v) is 5.94. The standard InChI is InChI=1S/C7H7ClN/c1-5-3-7(8)6(2)9-4-5/h3-4H,1H2,2H3. The maximum Gasteiger partial charge on any atom is 0.0621 e. The molecule has 1 radical (unpaired) electrons. The second kappa shape index (κ2) is 2.36. The fraction of sp³-hybridized carbons (Fsp3) is 0.143. The summed E-state index contributed by atoms with van der Waals surface area (Å²) in [6.45, 7) is 5.54. The highest BCUT2D eigenvalue weighted by atomic mass is 35.5. The Kier molecular flexibility index (Phi) is 1.72. The van der Waals surface area contributed by atoms with E-state index in [-0.39, 0.29) is 0 Å². The van der Waals surface area contributed by atoms with Gasteiger partial charge in [-0.3, -0.25) is 4.98 Å². The van der Waals surface area contributed by atoms with Crippen LogP contribution < -0.4 is 0 Å². The molecule has 1 rings (SSSR count). The van der Waals surface area contributed by atoms with Crippen LogP contribution in [0.1, 0.15) is 11.3 Å². The molecule has 0 spiro atoms. The summed E-state index contributed by atoms with van der Waals surface area (Å²) in [4.78, 5) is 3.98. The summed E-state index contributed by atoms with van der Waals surface area (Å²) in [5, 5.41) is 0.683. The fourth-order valence-electron chi connectivity index (χ4n) is 0.546. The molecule has 0 saturated heterocycles. The highest BCUT2D eigenvalue weighted by molar-refractivity contribution is 6.31. The van der Waals surface area contributed by atoms with Crippen molar-refractivity contribution in [3.05, 3.63) is 35.5 Å². The Morgan fingerprint density at radius 3 is 2.78 bits per heavy atom. The van der Waals surface area contributed by atoms with E-state index < -0.39 is 0 Å². The molecular formula is C7H7ClN. The average Bonchev–Trinajstić information content (AvgIpc) is 1.80. The van der Waals surface area contributed by atoms with Gasteiger partial charge in [0.2, 0.25) is 0 Å². The number of hydrogen-bond acceptors (Lipinski definition) is 1. The summed E-state index contributed by atoms with van der Waals surface area (Å²) in [7, 11) is 0. The first kappa shape index (κ1) is 6.56. The maximum absolute atomic E-state index is 5.71. The van der Waals surface area contributed by atoms with E-state index in [0.717, 1.165) is 11.3 Å². The largest absolute Gasteiger partial charge is 0.260 e. The van der Waals surface area contributed by atoms with Crippen LogP contribution in [0.5, 0.6) is 0 Å². The minimum atomic E-state index is 0.683. The van der Waals surface area contributed by atoms with Gasteiger partial charge >= 0.3 is 0 Å². The van der Waals surface area contributed by atoms with Gasteiger partial charge in [-0.15, -0.1) is 0 Å². The molecule has 1 aromatic rings. The van der Waals surface area contributed by atoms with E-state index >= 15 is 0 Å². The fourth-order valence-corrected chi connectivity index (χ4v) is 0.735. The third kappa shape index (κ3) is 1.42. The van der Waals surface area contributed by atoms with E-state index in [0.29, 0.717) is 5.02 Å². The highest BCUT2D eigenvalue weighted by Gasteiger charge is 1.93. The molecule has 47 valence electrons. The van der Waals surface area contributed by atoms with Crippen LogP contribution in [0.3, 0.4) is 0 Å². The summed E-state index contributed by atoms with van der Waals surface area (Å²) < 4.78 is 0. The summed E-state index contributed by atoms with van der Waals surface area (Å²) >= 11 is 5.71. The first-order valence-corrected chi connectivity index (χ1v) is 3.02. The molecule has 0 fully saturated rings. The minimum Gasteiger partial charge on any atom is -0.260 e. The number of pyridine rings is 1. The summed E-state index contributed by atoms with van der Waals surface area (Å²) in [5.41, 5.74) is 1.70.